The summed E-state index contributed by atoms with van der Waals surface area (Å²) in [6.45, 7) is 7.18. The number of aromatic nitrogens is 4. The molecule has 3 heterocycles. The Morgan fingerprint density at radius 2 is 1.95 bits per heavy atom. The van der Waals surface area contributed by atoms with Gasteiger partial charge in [0.15, 0.2) is 0 Å². The average Bonchev–Trinajstić information content (AvgIpc) is 3.57. The lowest BCUT2D eigenvalue weighted by atomic mass is 10.0. The molecule has 11 nitrogen and oxygen atoms in total. The number of aromatic amines is 1. The summed E-state index contributed by atoms with van der Waals surface area (Å²) in [5.41, 5.74) is 3.56. The second-order valence-corrected chi connectivity index (χ2v) is 11.5. The average molecular weight is 604 g/mol. The van der Waals surface area contributed by atoms with Crippen LogP contribution in [0.2, 0.25) is 0 Å². The molecule has 2 aromatic heterocycles. The van der Waals surface area contributed by atoms with Gasteiger partial charge >= 0.3 is 0 Å². The van der Waals surface area contributed by atoms with Crippen LogP contribution in [0.5, 0.6) is 5.75 Å². The molecule has 44 heavy (non-hydrogen) atoms. The Labute approximate surface area is 255 Å². The molecule has 3 amide bonds. The van der Waals surface area contributed by atoms with Gasteiger partial charge in [-0.25, -0.2) is 9.07 Å². The number of H-pyrrole nitrogens is 1. The largest absolute Gasteiger partial charge is 0.491 e. The number of aryl methyl sites for hydroxylation is 1. The van der Waals surface area contributed by atoms with Crippen LogP contribution in [0, 0.1) is 18.7 Å². The van der Waals surface area contributed by atoms with E-state index in [1.807, 2.05) is 45.0 Å². The molecule has 5 rings (SSSR count). The normalized spacial score (nSPS) is 16.9. The third-order valence-electron chi connectivity index (χ3n) is 7.71. The first-order valence-electron chi connectivity index (χ1n) is 14.9. The molecule has 2 bridgehead atoms. The van der Waals surface area contributed by atoms with Crippen molar-refractivity contribution in [2.75, 3.05) is 26.2 Å². The standard InChI is InChI=1S/C32H38FN7O4/c1-20(2)16-28-32(43)34-11-13-39(30(41)18-25-21(3)35-27-7-5-4-6-24(25)27)12-10-23-19-40(38-37-23)14-15-44-29-9-8-22(33)17-26(29)31(42)36-28/h4-9,17,19-20,28,35H,10-16,18H2,1-3H3,(H,34,43)(H,36,42)/t28-/m1/s1. The smallest absolute Gasteiger partial charge is 0.255 e. The van der Waals surface area contributed by atoms with Crippen molar-refractivity contribution in [1.82, 2.24) is 35.5 Å². The SMILES string of the molecule is Cc1[nH]c2ccccc2c1CC(=O)N1CCNC(=O)[C@@H](CC(C)C)NC(=O)c2cc(F)ccc2OCCn2cc(nn2)CC1. The summed E-state index contributed by atoms with van der Waals surface area (Å²) >= 11 is 0. The second-order valence-electron chi connectivity index (χ2n) is 11.5. The van der Waals surface area contributed by atoms with Crippen LogP contribution < -0.4 is 15.4 Å². The van der Waals surface area contributed by atoms with Crippen LogP contribution in [0.15, 0.2) is 48.7 Å². The maximum atomic E-state index is 14.2. The van der Waals surface area contributed by atoms with Crippen molar-refractivity contribution < 1.29 is 23.5 Å². The summed E-state index contributed by atoms with van der Waals surface area (Å²) < 4.78 is 21.6. The molecule has 0 saturated heterocycles. The number of hydrogen-bond donors (Lipinski definition) is 3. The van der Waals surface area contributed by atoms with Gasteiger partial charge in [0.25, 0.3) is 5.91 Å². The molecule has 0 unspecified atom stereocenters. The van der Waals surface area contributed by atoms with E-state index in [1.165, 1.54) is 12.1 Å². The highest BCUT2D eigenvalue weighted by Gasteiger charge is 2.25. The maximum Gasteiger partial charge on any atom is 0.255 e. The lowest BCUT2D eigenvalue weighted by Gasteiger charge is -2.25. The van der Waals surface area contributed by atoms with Gasteiger partial charge in [-0.05, 0) is 49.1 Å². The van der Waals surface area contributed by atoms with Gasteiger partial charge in [-0.3, -0.25) is 14.4 Å². The van der Waals surface area contributed by atoms with Crippen molar-refractivity contribution in [2.45, 2.75) is 52.6 Å². The van der Waals surface area contributed by atoms with E-state index in [4.69, 9.17) is 4.74 Å². The molecule has 4 aromatic rings. The van der Waals surface area contributed by atoms with Crippen LogP contribution in [0.4, 0.5) is 4.39 Å². The predicted molar refractivity (Wildman–Crippen MR) is 163 cm³/mol. The second kappa shape index (κ2) is 13.7. The van der Waals surface area contributed by atoms with Gasteiger partial charge in [0.2, 0.25) is 11.8 Å². The minimum Gasteiger partial charge on any atom is -0.491 e. The van der Waals surface area contributed by atoms with E-state index < -0.39 is 17.8 Å². The Kier molecular flexibility index (Phi) is 9.56. The number of carbonyl (C=O) groups excluding carboxylic acids is 3. The molecule has 1 atom stereocenters. The molecule has 3 N–H and O–H groups in total. The molecular weight excluding hydrogens is 565 g/mol. The molecule has 0 saturated carbocycles. The van der Waals surface area contributed by atoms with Crippen molar-refractivity contribution in [2.24, 2.45) is 5.92 Å². The van der Waals surface area contributed by atoms with E-state index in [-0.39, 0.29) is 55.2 Å². The third-order valence-corrected chi connectivity index (χ3v) is 7.71. The number of nitrogens with one attached hydrogen (secondary N) is 3. The van der Waals surface area contributed by atoms with Gasteiger partial charge in [0.05, 0.1) is 24.2 Å². The van der Waals surface area contributed by atoms with Gasteiger partial charge in [-0.15, -0.1) is 5.10 Å². The zero-order chi connectivity index (χ0) is 31.2. The maximum absolute atomic E-state index is 14.2. The fraction of sp³-hybridized carbons (Fsp3) is 0.406. The van der Waals surface area contributed by atoms with E-state index in [0.717, 1.165) is 28.2 Å². The minimum atomic E-state index is -0.861. The number of benzene rings is 2. The first-order chi connectivity index (χ1) is 21.2. The molecule has 1 aliphatic rings. The number of amides is 3. The topological polar surface area (TPSA) is 134 Å². The monoisotopic (exact) mass is 603 g/mol. The van der Waals surface area contributed by atoms with E-state index in [2.05, 4.69) is 25.9 Å². The summed E-state index contributed by atoms with van der Waals surface area (Å²) in [5, 5.41) is 15.1. The van der Waals surface area contributed by atoms with Crippen LogP contribution in [0.3, 0.4) is 0 Å². The van der Waals surface area contributed by atoms with E-state index in [9.17, 15) is 18.8 Å². The highest BCUT2D eigenvalue weighted by Crippen LogP contribution is 2.23. The van der Waals surface area contributed by atoms with Crippen molar-refractivity contribution in [3.8, 4) is 5.75 Å². The minimum absolute atomic E-state index is 0.00343. The molecule has 1 aliphatic heterocycles. The van der Waals surface area contributed by atoms with Gasteiger partial charge < -0.3 is 25.3 Å². The van der Waals surface area contributed by atoms with E-state index in [1.54, 1.807) is 15.8 Å². The molecule has 2 aromatic carbocycles. The van der Waals surface area contributed by atoms with E-state index >= 15 is 0 Å². The van der Waals surface area contributed by atoms with Crippen LogP contribution in [-0.2, 0) is 29.0 Å². The zero-order valence-electron chi connectivity index (χ0n) is 25.2. The van der Waals surface area contributed by atoms with Crippen molar-refractivity contribution in [1.29, 1.82) is 0 Å². The Balaban J connectivity index is 1.38. The van der Waals surface area contributed by atoms with Crippen LogP contribution >= 0.6 is 0 Å². The number of nitrogens with zero attached hydrogens (tertiary/aromatic N) is 4. The molecule has 232 valence electrons. The Hall–Kier alpha value is -4.74. The lowest BCUT2D eigenvalue weighted by molar-refractivity contribution is -0.131. The number of carbonyl (C=O) groups is 3. The third kappa shape index (κ3) is 7.42. The first-order valence-corrected chi connectivity index (χ1v) is 14.9. The van der Waals surface area contributed by atoms with Crippen LogP contribution in [0.1, 0.15) is 47.6 Å². The van der Waals surface area contributed by atoms with Crippen molar-refractivity contribution in [3.05, 3.63) is 77.0 Å². The van der Waals surface area contributed by atoms with Crippen LogP contribution in [0.25, 0.3) is 10.9 Å². The fourth-order valence-corrected chi connectivity index (χ4v) is 5.43. The molecule has 0 aliphatic carbocycles. The number of para-hydroxylation sites is 1. The molecular formula is C32H38FN7O4. The highest BCUT2D eigenvalue weighted by molar-refractivity contribution is 5.99. The zero-order valence-corrected chi connectivity index (χ0v) is 25.2. The molecule has 0 radical (unpaired) electrons. The number of halogens is 1. The van der Waals surface area contributed by atoms with Gasteiger partial charge in [-0.2, -0.15) is 0 Å². The van der Waals surface area contributed by atoms with Gasteiger partial charge in [-0.1, -0.05) is 37.3 Å². The number of ether oxygens (including phenoxy) is 1. The summed E-state index contributed by atoms with van der Waals surface area (Å²) in [4.78, 5) is 45.4. The highest BCUT2D eigenvalue weighted by atomic mass is 19.1. The lowest BCUT2D eigenvalue weighted by Crippen LogP contribution is -2.49. The molecule has 0 fully saturated rings. The van der Waals surface area contributed by atoms with E-state index in [0.29, 0.717) is 31.6 Å². The number of rotatable bonds is 4. The van der Waals surface area contributed by atoms with Gasteiger partial charge in [0.1, 0.15) is 24.2 Å². The summed E-state index contributed by atoms with van der Waals surface area (Å²) in [6.07, 6.45) is 2.84. The number of hydrogen-bond acceptors (Lipinski definition) is 6. The fourth-order valence-electron chi connectivity index (χ4n) is 5.43. The molecule has 12 heteroatoms. The predicted octanol–water partition coefficient (Wildman–Crippen LogP) is 3.17. The Morgan fingerprint density at radius 3 is 2.77 bits per heavy atom. The summed E-state index contributed by atoms with van der Waals surface area (Å²) in [5.74, 6) is -1.37. The summed E-state index contributed by atoms with van der Waals surface area (Å²) in [6, 6.07) is 10.7. The summed E-state index contributed by atoms with van der Waals surface area (Å²) in [7, 11) is 0. The number of fused-ring (bicyclic) bond motifs is 4. The molecule has 0 spiro atoms. The van der Waals surface area contributed by atoms with Crippen molar-refractivity contribution >= 4 is 28.6 Å². The Bertz CT molecular complexity index is 1650. The van der Waals surface area contributed by atoms with Crippen LogP contribution in [-0.4, -0.2) is 74.9 Å². The van der Waals surface area contributed by atoms with Gasteiger partial charge in [0, 0.05) is 48.8 Å². The Morgan fingerprint density at radius 1 is 1.14 bits per heavy atom. The first kappa shape index (κ1) is 30.7. The quantitative estimate of drug-likeness (QED) is 0.328. The van der Waals surface area contributed by atoms with Crippen molar-refractivity contribution in [3.63, 3.8) is 0 Å².